The third-order valence-corrected chi connectivity index (χ3v) is 5.28. The molecule has 31 heavy (non-hydrogen) atoms. The van der Waals surface area contributed by atoms with E-state index in [4.69, 9.17) is 4.74 Å². The highest BCUT2D eigenvalue weighted by Gasteiger charge is 2.27. The lowest BCUT2D eigenvalue weighted by Gasteiger charge is -2.33. The van der Waals surface area contributed by atoms with E-state index in [2.05, 4.69) is 5.32 Å². The van der Waals surface area contributed by atoms with E-state index in [1.807, 2.05) is 57.2 Å². The summed E-state index contributed by atoms with van der Waals surface area (Å²) in [6.45, 7) is 7.11. The number of phenolic OH excluding ortho intramolecular Hbond substituents is 1. The number of ether oxygens (including phenoxy) is 1. The molecule has 2 amide bonds. The van der Waals surface area contributed by atoms with Crippen LogP contribution in [0.2, 0.25) is 0 Å². The Hall–Kier alpha value is -3.02. The van der Waals surface area contributed by atoms with Crippen molar-refractivity contribution in [3.05, 3.63) is 65.2 Å². The van der Waals surface area contributed by atoms with E-state index < -0.39 is 11.7 Å². The van der Waals surface area contributed by atoms with Crippen LogP contribution < -0.4 is 5.32 Å². The zero-order valence-corrected chi connectivity index (χ0v) is 18.6. The van der Waals surface area contributed by atoms with Gasteiger partial charge in [0.1, 0.15) is 11.4 Å². The minimum absolute atomic E-state index is 0.00387. The molecule has 2 N–H and O–H groups in total. The number of likely N-dealkylation sites (tertiary alicyclic amines) is 1. The Morgan fingerprint density at radius 3 is 2.58 bits per heavy atom. The molecule has 1 saturated heterocycles. The van der Waals surface area contributed by atoms with Crippen LogP contribution in [0.1, 0.15) is 55.1 Å². The number of alkyl carbamates (subject to hydrolysis) is 1. The zero-order chi connectivity index (χ0) is 22.4. The van der Waals surface area contributed by atoms with E-state index in [0.717, 1.165) is 24.0 Å². The Labute approximate surface area is 184 Å². The van der Waals surface area contributed by atoms with Crippen LogP contribution in [-0.4, -0.2) is 47.2 Å². The molecular formula is C25H32N2O4. The molecular weight excluding hydrogens is 392 g/mol. The van der Waals surface area contributed by atoms with Gasteiger partial charge in [-0.2, -0.15) is 0 Å². The second kappa shape index (κ2) is 9.86. The van der Waals surface area contributed by atoms with Crippen LogP contribution >= 0.6 is 0 Å². The lowest BCUT2D eigenvalue weighted by atomic mass is 9.96. The normalized spacial score (nSPS) is 16.6. The van der Waals surface area contributed by atoms with Gasteiger partial charge in [0.05, 0.1) is 5.56 Å². The van der Waals surface area contributed by atoms with Crippen molar-refractivity contribution in [1.82, 2.24) is 10.2 Å². The molecule has 1 atom stereocenters. The van der Waals surface area contributed by atoms with E-state index in [-0.39, 0.29) is 17.6 Å². The Kier molecular flexibility index (Phi) is 7.21. The number of carbonyl (C=O) groups is 2. The first-order chi connectivity index (χ1) is 14.7. The number of hydrogen-bond acceptors (Lipinski definition) is 4. The van der Waals surface area contributed by atoms with Gasteiger partial charge >= 0.3 is 6.09 Å². The molecule has 1 aliphatic rings. The van der Waals surface area contributed by atoms with E-state index in [9.17, 15) is 14.7 Å². The van der Waals surface area contributed by atoms with Crippen molar-refractivity contribution >= 4 is 12.0 Å². The van der Waals surface area contributed by atoms with Crippen LogP contribution in [0.25, 0.3) is 0 Å². The molecule has 3 rings (SSSR count). The summed E-state index contributed by atoms with van der Waals surface area (Å²) >= 11 is 0. The molecule has 166 valence electrons. The van der Waals surface area contributed by atoms with Gasteiger partial charge in [0.2, 0.25) is 0 Å². The average molecular weight is 425 g/mol. The van der Waals surface area contributed by atoms with Crippen LogP contribution in [-0.2, 0) is 11.2 Å². The molecule has 0 spiro atoms. The van der Waals surface area contributed by atoms with Crippen LogP contribution in [0.3, 0.4) is 0 Å². The summed E-state index contributed by atoms with van der Waals surface area (Å²) < 4.78 is 5.29. The number of amides is 2. The summed E-state index contributed by atoms with van der Waals surface area (Å²) in [6.07, 6.45) is 2.04. The van der Waals surface area contributed by atoms with E-state index in [1.165, 1.54) is 0 Å². The van der Waals surface area contributed by atoms with Crippen molar-refractivity contribution < 1.29 is 19.4 Å². The van der Waals surface area contributed by atoms with Crippen molar-refractivity contribution in [1.29, 1.82) is 0 Å². The molecule has 1 unspecified atom stereocenters. The number of aromatic hydroxyl groups is 1. The van der Waals surface area contributed by atoms with E-state index in [0.29, 0.717) is 31.6 Å². The van der Waals surface area contributed by atoms with Crippen molar-refractivity contribution in [2.24, 2.45) is 5.92 Å². The summed E-state index contributed by atoms with van der Waals surface area (Å²) in [4.78, 5) is 26.8. The van der Waals surface area contributed by atoms with Crippen molar-refractivity contribution in [3.8, 4) is 5.75 Å². The third kappa shape index (κ3) is 6.74. The lowest BCUT2D eigenvalue weighted by molar-refractivity contribution is 0.0502. The van der Waals surface area contributed by atoms with Gasteiger partial charge in [0, 0.05) is 19.6 Å². The maximum absolute atomic E-state index is 13.2. The number of benzene rings is 2. The predicted molar refractivity (Wildman–Crippen MR) is 120 cm³/mol. The van der Waals surface area contributed by atoms with Crippen molar-refractivity contribution in [2.45, 2.75) is 45.6 Å². The molecule has 0 aromatic heterocycles. The van der Waals surface area contributed by atoms with Gasteiger partial charge in [-0.25, -0.2) is 4.79 Å². The number of piperidine rings is 1. The standard InChI is InChI=1S/C25H32N2O4/c1-25(2,3)31-24(30)26-16-20-10-7-13-27(17-20)23(29)21-15-19(11-12-22(21)28)14-18-8-5-4-6-9-18/h4-6,8-9,11-12,15,20,28H,7,10,13-14,16-17H2,1-3H3,(H,26,30). The average Bonchev–Trinajstić information content (AvgIpc) is 2.73. The monoisotopic (exact) mass is 424 g/mol. The number of carbonyl (C=O) groups excluding carboxylic acids is 2. The highest BCUT2D eigenvalue weighted by molar-refractivity contribution is 5.97. The molecule has 0 radical (unpaired) electrons. The SMILES string of the molecule is CC(C)(C)OC(=O)NCC1CCCN(C(=O)c2cc(Cc3ccccc3)ccc2O)C1. The lowest BCUT2D eigenvalue weighted by Crippen LogP contribution is -2.44. The van der Waals surface area contributed by atoms with Crippen molar-refractivity contribution in [2.75, 3.05) is 19.6 Å². The number of nitrogens with one attached hydrogen (secondary N) is 1. The summed E-state index contributed by atoms with van der Waals surface area (Å²) in [5, 5.41) is 13.1. The van der Waals surface area contributed by atoms with Crippen LogP contribution in [0.15, 0.2) is 48.5 Å². The molecule has 6 heteroatoms. The van der Waals surface area contributed by atoms with Gasteiger partial charge in [-0.15, -0.1) is 0 Å². The first-order valence-corrected chi connectivity index (χ1v) is 10.8. The molecule has 1 heterocycles. The summed E-state index contributed by atoms with van der Waals surface area (Å²) in [5.74, 6) is -0.0231. The fraction of sp³-hybridized carbons (Fsp3) is 0.440. The molecule has 2 aromatic rings. The second-order valence-corrected chi connectivity index (χ2v) is 9.16. The summed E-state index contributed by atoms with van der Waals surface area (Å²) in [7, 11) is 0. The second-order valence-electron chi connectivity index (χ2n) is 9.16. The quantitative estimate of drug-likeness (QED) is 0.748. The Morgan fingerprint density at radius 2 is 1.87 bits per heavy atom. The fourth-order valence-corrected chi connectivity index (χ4v) is 3.82. The van der Waals surface area contributed by atoms with Gasteiger partial charge in [0.25, 0.3) is 5.91 Å². The Bertz CT molecular complexity index is 905. The van der Waals surface area contributed by atoms with E-state index >= 15 is 0 Å². The highest BCUT2D eigenvalue weighted by atomic mass is 16.6. The van der Waals surface area contributed by atoms with Gasteiger partial charge in [0.15, 0.2) is 0 Å². The number of phenols is 1. The Morgan fingerprint density at radius 1 is 1.13 bits per heavy atom. The van der Waals surface area contributed by atoms with Crippen LogP contribution in [0.5, 0.6) is 5.75 Å². The molecule has 0 aliphatic carbocycles. The third-order valence-electron chi connectivity index (χ3n) is 5.28. The van der Waals surface area contributed by atoms with Gasteiger partial charge in [-0.3, -0.25) is 4.79 Å². The molecule has 1 fully saturated rings. The van der Waals surface area contributed by atoms with Gasteiger partial charge in [-0.1, -0.05) is 36.4 Å². The molecule has 1 aliphatic heterocycles. The first kappa shape index (κ1) is 22.7. The summed E-state index contributed by atoms with van der Waals surface area (Å²) in [5.41, 5.74) is 1.92. The van der Waals surface area contributed by atoms with Crippen LogP contribution in [0, 0.1) is 5.92 Å². The van der Waals surface area contributed by atoms with Crippen molar-refractivity contribution in [3.63, 3.8) is 0 Å². The Balaban J connectivity index is 1.62. The fourth-order valence-electron chi connectivity index (χ4n) is 3.82. The number of nitrogens with zero attached hydrogens (tertiary/aromatic N) is 1. The number of hydrogen-bond donors (Lipinski definition) is 2. The van der Waals surface area contributed by atoms with Crippen LogP contribution in [0.4, 0.5) is 4.79 Å². The molecule has 6 nitrogen and oxygen atoms in total. The van der Waals surface area contributed by atoms with Gasteiger partial charge in [-0.05, 0) is 69.2 Å². The molecule has 2 aromatic carbocycles. The van der Waals surface area contributed by atoms with Gasteiger partial charge < -0.3 is 20.1 Å². The summed E-state index contributed by atoms with van der Waals surface area (Å²) in [6, 6.07) is 15.3. The first-order valence-electron chi connectivity index (χ1n) is 10.8. The minimum atomic E-state index is -0.541. The van der Waals surface area contributed by atoms with E-state index in [1.54, 1.807) is 17.0 Å². The minimum Gasteiger partial charge on any atom is -0.507 e. The molecule has 0 saturated carbocycles. The maximum Gasteiger partial charge on any atom is 0.407 e. The zero-order valence-electron chi connectivity index (χ0n) is 18.6. The number of rotatable bonds is 5. The largest absolute Gasteiger partial charge is 0.507 e. The molecule has 0 bridgehead atoms. The maximum atomic E-state index is 13.2. The highest BCUT2D eigenvalue weighted by Crippen LogP contribution is 2.25. The topological polar surface area (TPSA) is 78.9 Å². The predicted octanol–water partition coefficient (Wildman–Crippen LogP) is 4.36. The smallest absolute Gasteiger partial charge is 0.407 e.